The molecule has 5 nitrogen and oxygen atoms in total. The molecule has 2 heterocycles. The van der Waals surface area contributed by atoms with Crippen LogP contribution < -0.4 is 0 Å². The number of halogens is 1. The molecule has 0 unspecified atom stereocenters. The van der Waals surface area contributed by atoms with Crippen molar-refractivity contribution in [3.05, 3.63) is 70.6 Å². The fourth-order valence-corrected chi connectivity index (χ4v) is 3.51. The van der Waals surface area contributed by atoms with Gasteiger partial charge in [-0.05, 0) is 50.5 Å². The van der Waals surface area contributed by atoms with E-state index in [1.54, 1.807) is 24.3 Å². The quantitative estimate of drug-likeness (QED) is 0.635. The Balaban J connectivity index is 1.60. The second kappa shape index (κ2) is 7.53. The van der Waals surface area contributed by atoms with Crippen LogP contribution in [0, 0.1) is 6.92 Å². The van der Waals surface area contributed by atoms with Gasteiger partial charge < -0.3 is 9.42 Å². The number of aromatic nitrogens is 2. The lowest BCUT2D eigenvalue weighted by molar-refractivity contribution is 0.0561. The van der Waals surface area contributed by atoms with Crippen molar-refractivity contribution in [3.63, 3.8) is 0 Å². The molecule has 1 fully saturated rings. The van der Waals surface area contributed by atoms with Crippen LogP contribution in [0.1, 0.15) is 47.1 Å². The van der Waals surface area contributed by atoms with Crippen LogP contribution in [0.5, 0.6) is 0 Å². The molecule has 0 aliphatic carbocycles. The molecule has 0 radical (unpaired) electrons. The number of likely N-dealkylation sites (tertiary alicyclic amines) is 1. The highest BCUT2D eigenvalue weighted by Crippen LogP contribution is 2.32. The minimum atomic E-state index is -0.200. The van der Waals surface area contributed by atoms with Crippen LogP contribution in [0.4, 0.5) is 0 Å². The first kappa shape index (κ1) is 17.7. The van der Waals surface area contributed by atoms with E-state index >= 15 is 0 Å². The molecule has 1 atom stereocenters. The third kappa shape index (κ3) is 3.74. The predicted octanol–water partition coefficient (Wildman–Crippen LogP) is 5.07. The van der Waals surface area contributed by atoms with Gasteiger partial charge in [-0.3, -0.25) is 4.79 Å². The lowest BCUT2D eigenvalue weighted by Gasteiger charge is -2.33. The second-order valence-corrected chi connectivity index (χ2v) is 7.28. The predicted molar refractivity (Wildman–Crippen MR) is 104 cm³/mol. The molecule has 0 spiro atoms. The molecule has 1 aliphatic heterocycles. The molecule has 4 rings (SSSR count). The lowest BCUT2D eigenvalue weighted by atomic mass is 10.0. The van der Waals surface area contributed by atoms with Crippen LogP contribution in [0.15, 0.2) is 53.1 Å². The summed E-state index contributed by atoms with van der Waals surface area (Å²) >= 11 is 5.94. The number of carbonyl (C=O) groups is 1. The number of piperidine rings is 1. The van der Waals surface area contributed by atoms with Crippen molar-refractivity contribution in [2.24, 2.45) is 0 Å². The number of amides is 1. The first-order valence-corrected chi connectivity index (χ1v) is 9.47. The van der Waals surface area contributed by atoms with E-state index in [9.17, 15) is 4.79 Å². The average Bonchev–Trinajstić information content (AvgIpc) is 3.19. The van der Waals surface area contributed by atoms with Gasteiger partial charge in [-0.15, -0.1) is 0 Å². The molecule has 2 aromatic carbocycles. The van der Waals surface area contributed by atoms with Gasteiger partial charge in [0, 0.05) is 22.7 Å². The van der Waals surface area contributed by atoms with Gasteiger partial charge in [0.25, 0.3) is 5.91 Å². The Hall–Kier alpha value is -2.66. The van der Waals surface area contributed by atoms with Crippen LogP contribution in [0.25, 0.3) is 11.4 Å². The van der Waals surface area contributed by atoms with Gasteiger partial charge in [0.15, 0.2) is 0 Å². The molecule has 6 heteroatoms. The van der Waals surface area contributed by atoms with Crippen LogP contribution in [0.2, 0.25) is 5.02 Å². The van der Waals surface area contributed by atoms with Gasteiger partial charge in [-0.25, -0.2) is 0 Å². The Kier molecular flexibility index (Phi) is 4.94. The van der Waals surface area contributed by atoms with Crippen molar-refractivity contribution in [2.45, 2.75) is 32.2 Å². The van der Waals surface area contributed by atoms with E-state index in [1.165, 1.54) is 5.56 Å². The third-order valence-corrected chi connectivity index (χ3v) is 5.14. The summed E-state index contributed by atoms with van der Waals surface area (Å²) in [4.78, 5) is 19.4. The van der Waals surface area contributed by atoms with Crippen LogP contribution in [-0.2, 0) is 0 Å². The Morgan fingerprint density at radius 2 is 1.85 bits per heavy atom. The van der Waals surface area contributed by atoms with Gasteiger partial charge in [-0.1, -0.05) is 46.6 Å². The number of aryl methyl sites for hydroxylation is 1. The largest absolute Gasteiger partial charge is 0.337 e. The minimum Gasteiger partial charge on any atom is -0.337 e. The smallest absolute Gasteiger partial charge is 0.254 e. The van der Waals surface area contributed by atoms with E-state index in [0.29, 0.717) is 28.8 Å². The molecule has 0 N–H and O–H groups in total. The summed E-state index contributed by atoms with van der Waals surface area (Å²) in [6.45, 7) is 2.71. The first-order chi connectivity index (χ1) is 13.1. The highest BCUT2D eigenvalue weighted by molar-refractivity contribution is 6.30. The van der Waals surface area contributed by atoms with Crippen LogP contribution in [0.3, 0.4) is 0 Å². The summed E-state index contributed by atoms with van der Waals surface area (Å²) in [5.41, 5.74) is 2.70. The Labute approximate surface area is 163 Å². The molecular weight excluding hydrogens is 362 g/mol. The summed E-state index contributed by atoms with van der Waals surface area (Å²) < 4.78 is 5.55. The Morgan fingerprint density at radius 3 is 2.59 bits per heavy atom. The summed E-state index contributed by atoms with van der Waals surface area (Å²) in [6.07, 6.45) is 2.81. The monoisotopic (exact) mass is 381 g/mol. The Bertz CT molecular complexity index is 935. The standard InChI is InChI=1S/C21H20ClN3O2/c1-14-5-7-15(8-6-14)19-23-20(27-24-19)18-4-2-3-13-25(18)21(26)16-9-11-17(22)12-10-16/h5-12,18H,2-4,13H2,1H3/t18-/m1/s1. The molecule has 3 aromatic rings. The van der Waals surface area contributed by atoms with Gasteiger partial charge in [0.05, 0.1) is 0 Å². The topological polar surface area (TPSA) is 59.2 Å². The molecule has 138 valence electrons. The van der Waals surface area contributed by atoms with Crippen molar-refractivity contribution < 1.29 is 9.32 Å². The van der Waals surface area contributed by atoms with Gasteiger partial charge in [0.2, 0.25) is 11.7 Å². The molecular formula is C21H20ClN3O2. The summed E-state index contributed by atoms with van der Waals surface area (Å²) in [5, 5.41) is 4.74. The highest BCUT2D eigenvalue weighted by Gasteiger charge is 2.32. The number of benzene rings is 2. The zero-order valence-electron chi connectivity index (χ0n) is 15.1. The van der Waals surface area contributed by atoms with Crippen molar-refractivity contribution in [1.29, 1.82) is 0 Å². The van der Waals surface area contributed by atoms with Crippen molar-refractivity contribution in [1.82, 2.24) is 15.0 Å². The molecule has 1 aliphatic rings. The minimum absolute atomic E-state index is 0.0357. The molecule has 0 bridgehead atoms. The average molecular weight is 382 g/mol. The highest BCUT2D eigenvalue weighted by atomic mass is 35.5. The van der Waals surface area contributed by atoms with Crippen molar-refractivity contribution in [3.8, 4) is 11.4 Å². The van der Waals surface area contributed by atoms with E-state index in [2.05, 4.69) is 10.1 Å². The molecule has 1 saturated heterocycles. The first-order valence-electron chi connectivity index (χ1n) is 9.09. The zero-order valence-corrected chi connectivity index (χ0v) is 15.8. The molecule has 1 amide bonds. The normalized spacial score (nSPS) is 17.1. The lowest BCUT2D eigenvalue weighted by Crippen LogP contribution is -2.38. The third-order valence-electron chi connectivity index (χ3n) is 4.89. The molecule has 1 aromatic heterocycles. The summed E-state index contributed by atoms with van der Waals surface area (Å²) in [5.74, 6) is 1.01. The Morgan fingerprint density at radius 1 is 1.11 bits per heavy atom. The fraction of sp³-hybridized carbons (Fsp3) is 0.286. The SMILES string of the molecule is Cc1ccc(-c2noc([C@H]3CCCCN3C(=O)c3ccc(Cl)cc3)n2)cc1. The number of hydrogen-bond donors (Lipinski definition) is 0. The van der Waals surface area contributed by atoms with E-state index in [-0.39, 0.29) is 11.9 Å². The van der Waals surface area contributed by atoms with Crippen molar-refractivity contribution in [2.75, 3.05) is 6.54 Å². The maximum atomic E-state index is 13.0. The van der Waals surface area contributed by atoms with Gasteiger partial charge >= 0.3 is 0 Å². The van der Waals surface area contributed by atoms with Gasteiger partial charge in [-0.2, -0.15) is 4.98 Å². The second-order valence-electron chi connectivity index (χ2n) is 6.84. The molecule has 27 heavy (non-hydrogen) atoms. The van der Waals surface area contributed by atoms with Crippen LogP contribution >= 0.6 is 11.6 Å². The summed E-state index contributed by atoms with van der Waals surface area (Å²) in [6, 6.07) is 14.7. The van der Waals surface area contributed by atoms with E-state index in [1.807, 2.05) is 36.1 Å². The zero-order chi connectivity index (χ0) is 18.8. The number of rotatable bonds is 3. The number of hydrogen-bond acceptors (Lipinski definition) is 4. The maximum absolute atomic E-state index is 13.0. The summed E-state index contributed by atoms with van der Waals surface area (Å²) in [7, 11) is 0. The van der Waals surface area contributed by atoms with Crippen LogP contribution in [-0.4, -0.2) is 27.5 Å². The van der Waals surface area contributed by atoms with Gasteiger partial charge in [0.1, 0.15) is 6.04 Å². The number of carbonyl (C=O) groups excluding carboxylic acids is 1. The fourth-order valence-electron chi connectivity index (χ4n) is 3.38. The maximum Gasteiger partial charge on any atom is 0.254 e. The number of nitrogens with zero attached hydrogens (tertiary/aromatic N) is 3. The molecule has 0 saturated carbocycles. The van der Waals surface area contributed by atoms with Crippen molar-refractivity contribution >= 4 is 17.5 Å². The van der Waals surface area contributed by atoms with E-state index in [0.717, 1.165) is 24.8 Å². The van der Waals surface area contributed by atoms with E-state index in [4.69, 9.17) is 16.1 Å². The van der Waals surface area contributed by atoms with E-state index < -0.39 is 0 Å².